The van der Waals surface area contributed by atoms with E-state index in [1.165, 1.54) is 25.0 Å². The van der Waals surface area contributed by atoms with E-state index in [0.29, 0.717) is 11.0 Å². The second-order valence-electron chi connectivity index (χ2n) is 5.73. The lowest BCUT2D eigenvalue weighted by atomic mass is 9.89. The van der Waals surface area contributed by atoms with Gasteiger partial charge in [0.1, 0.15) is 13.1 Å². The zero-order valence-electron chi connectivity index (χ0n) is 12.4. The molecule has 0 radical (unpaired) electrons. The van der Waals surface area contributed by atoms with Crippen molar-refractivity contribution in [2.45, 2.75) is 32.6 Å². The molecule has 1 heterocycles. The van der Waals surface area contributed by atoms with Gasteiger partial charge >= 0.3 is 0 Å². The van der Waals surface area contributed by atoms with E-state index in [4.69, 9.17) is 17.0 Å². The number of hydrogen-bond acceptors (Lipinski definition) is 3. The molecule has 20 heavy (non-hydrogen) atoms. The van der Waals surface area contributed by atoms with Crippen LogP contribution in [0.25, 0.3) is 0 Å². The van der Waals surface area contributed by atoms with Crippen LogP contribution < -0.4 is 15.6 Å². The average Bonchev–Trinajstić information content (AvgIpc) is 2.47. The number of hydrogen-bond donors (Lipinski definition) is 3. The normalized spacial score (nSPS) is 26.4. The van der Waals surface area contributed by atoms with Gasteiger partial charge in [0.2, 0.25) is 0 Å². The third-order valence-corrected chi connectivity index (χ3v) is 4.39. The SMILES string of the molecule is C[C@@H]1CCCC/C1=N/NC(=S)NCC[NH+]1CCOCC1. The first-order chi connectivity index (χ1) is 9.75. The number of quaternary nitrogens is 1. The third-order valence-electron chi connectivity index (χ3n) is 4.15. The van der Waals surface area contributed by atoms with Crippen LogP contribution >= 0.6 is 12.2 Å². The lowest BCUT2D eigenvalue weighted by Gasteiger charge is -2.24. The van der Waals surface area contributed by atoms with E-state index in [1.54, 1.807) is 4.90 Å². The molecule has 1 aliphatic carbocycles. The van der Waals surface area contributed by atoms with Crippen LogP contribution in [0.15, 0.2) is 5.10 Å². The third kappa shape index (κ3) is 5.34. The molecular formula is C14H27N4OS+. The van der Waals surface area contributed by atoms with Gasteiger partial charge in [0, 0.05) is 5.71 Å². The van der Waals surface area contributed by atoms with Gasteiger partial charge in [-0.1, -0.05) is 13.3 Å². The van der Waals surface area contributed by atoms with E-state index in [0.717, 1.165) is 45.8 Å². The standard InChI is InChI=1S/C14H26N4OS/c1-12-4-2-3-5-13(12)16-17-14(20)15-6-7-18-8-10-19-11-9-18/h12H,2-11H2,1H3,(H2,15,17,20)/p+1/b16-13-/t12-/m1/s1. The molecule has 2 aliphatic rings. The first-order valence-corrected chi connectivity index (χ1v) is 8.18. The number of thiocarbonyl (C=S) groups is 1. The fourth-order valence-electron chi connectivity index (χ4n) is 2.76. The van der Waals surface area contributed by atoms with Crippen LogP contribution in [-0.4, -0.2) is 50.2 Å². The van der Waals surface area contributed by atoms with Gasteiger partial charge in [-0.15, -0.1) is 0 Å². The van der Waals surface area contributed by atoms with Crippen LogP contribution in [0.5, 0.6) is 0 Å². The van der Waals surface area contributed by atoms with Crippen molar-refractivity contribution in [3.8, 4) is 0 Å². The molecule has 0 unspecified atom stereocenters. The minimum Gasteiger partial charge on any atom is -0.370 e. The van der Waals surface area contributed by atoms with Gasteiger partial charge in [0.15, 0.2) is 5.11 Å². The fourth-order valence-corrected chi connectivity index (χ4v) is 2.91. The number of nitrogens with one attached hydrogen (secondary N) is 3. The van der Waals surface area contributed by atoms with Gasteiger partial charge in [-0.3, -0.25) is 5.43 Å². The van der Waals surface area contributed by atoms with E-state index in [1.807, 2.05) is 0 Å². The predicted octanol–water partition coefficient (Wildman–Crippen LogP) is -0.0683. The molecule has 0 aromatic carbocycles. The summed E-state index contributed by atoms with van der Waals surface area (Å²) in [6, 6.07) is 0. The molecule has 5 nitrogen and oxygen atoms in total. The van der Waals surface area contributed by atoms with E-state index >= 15 is 0 Å². The highest BCUT2D eigenvalue weighted by atomic mass is 32.1. The van der Waals surface area contributed by atoms with Crippen molar-refractivity contribution in [1.82, 2.24) is 10.7 Å². The minimum atomic E-state index is 0.594. The Hall–Kier alpha value is -0.720. The van der Waals surface area contributed by atoms with Crippen LogP contribution in [0.4, 0.5) is 0 Å². The summed E-state index contributed by atoms with van der Waals surface area (Å²) < 4.78 is 5.35. The van der Waals surface area contributed by atoms with Crippen LogP contribution in [0.2, 0.25) is 0 Å². The number of hydrazone groups is 1. The van der Waals surface area contributed by atoms with Gasteiger partial charge in [-0.25, -0.2) is 0 Å². The van der Waals surface area contributed by atoms with Gasteiger partial charge in [0.25, 0.3) is 0 Å². The van der Waals surface area contributed by atoms with Crippen LogP contribution in [0.1, 0.15) is 32.6 Å². The zero-order chi connectivity index (χ0) is 14.2. The number of ether oxygens (including phenoxy) is 1. The summed E-state index contributed by atoms with van der Waals surface area (Å²) in [6.07, 6.45) is 4.94. The maximum Gasteiger partial charge on any atom is 0.187 e. The van der Waals surface area contributed by atoms with Crippen LogP contribution in [0, 0.1) is 5.92 Å². The molecule has 3 N–H and O–H groups in total. The van der Waals surface area contributed by atoms with Gasteiger partial charge < -0.3 is 15.0 Å². The Bertz CT molecular complexity index is 342. The molecule has 2 fully saturated rings. The van der Waals surface area contributed by atoms with Gasteiger partial charge in [0.05, 0.1) is 26.3 Å². The molecule has 0 amide bonds. The lowest BCUT2D eigenvalue weighted by molar-refractivity contribution is -0.906. The Kier molecular flexibility index (Phi) is 6.69. The Balaban J connectivity index is 1.61. The topological polar surface area (TPSA) is 50.1 Å². The highest BCUT2D eigenvalue weighted by Crippen LogP contribution is 2.20. The second-order valence-corrected chi connectivity index (χ2v) is 6.14. The molecule has 1 aliphatic heterocycles. The monoisotopic (exact) mass is 299 g/mol. The minimum absolute atomic E-state index is 0.594. The molecule has 0 aromatic heterocycles. The molecule has 1 saturated heterocycles. The van der Waals surface area contributed by atoms with E-state index in [2.05, 4.69) is 22.8 Å². The highest BCUT2D eigenvalue weighted by Gasteiger charge is 2.16. The maximum absolute atomic E-state index is 5.35. The predicted molar refractivity (Wildman–Crippen MR) is 85.2 cm³/mol. The smallest absolute Gasteiger partial charge is 0.187 e. The Morgan fingerprint density at radius 3 is 2.95 bits per heavy atom. The second kappa shape index (κ2) is 8.54. The molecule has 0 aromatic rings. The van der Waals surface area contributed by atoms with Crippen molar-refractivity contribution in [3.05, 3.63) is 0 Å². The van der Waals surface area contributed by atoms with Crippen molar-refractivity contribution < 1.29 is 9.64 Å². The van der Waals surface area contributed by atoms with Gasteiger partial charge in [-0.2, -0.15) is 5.10 Å². The first kappa shape index (κ1) is 15.7. The largest absolute Gasteiger partial charge is 0.370 e. The summed E-state index contributed by atoms with van der Waals surface area (Å²) in [4.78, 5) is 1.58. The Morgan fingerprint density at radius 2 is 2.20 bits per heavy atom. The molecule has 0 bridgehead atoms. The molecule has 6 heteroatoms. The van der Waals surface area contributed by atoms with E-state index in [9.17, 15) is 0 Å². The lowest BCUT2D eigenvalue weighted by Crippen LogP contribution is -3.14. The Labute approximate surface area is 127 Å². The quantitative estimate of drug-likeness (QED) is 0.502. The summed E-state index contributed by atoms with van der Waals surface area (Å²) in [6.45, 7) is 8.17. The Morgan fingerprint density at radius 1 is 1.40 bits per heavy atom. The van der Waals surface area contributed by atoms with Crippen molar-refractivity contribution in [1.29, 1.82) is 0 Å². The van der Waals surface area contributed by atoms with Crippen molar-refractivity contribution in [2.75, 3.05) is 39.4 Å². The molecule has 0 spiro atoms. The molecule has 2 rings (SSSR count). The molecule has 1 saturated carbocycles. The molecular weight excluding hydrogens is 272 g/mol. The maximum atomic E-state index is 5.35. The fraction of sp³-hybridized carbons (Fsp3) is 0.857. The van der Waals surface area contributed by atoms with Crippen LogP contribution in [0.3, 0.4) is 0 Å². The van der Waals surface area contributed by atoms with Crippen molar-refractivity contribution >= 4 is 23.0 Å². The molecule has 114 valence electrons. The summed E-state index contributed by atoms with van der Waals surface area (Å²) in [7, 11) is 0. The van der Waals surface area contributed by atoms with Crippen molar-refractivity contribution in [2.24, 2.45) is 11.0 Å². The highest BCUT2D eigenvalue weighted by molar-refractivity contribution is 7.80. The van der Waals surface area contributed by atoms with Gasteiger partial charge in [-0.05, 0) is 37.4 Å². The average molecular weight is 299 g/mol. The molecule has 1 atom stereocenters. The van der Waals surface area contributed by atoms with Crippen molar-refractivity contribution in [3.63, 3.8) is 0 Å². The number of nitrogens with zero attached hydrogens (tertiary/aromatic N) is 1. The van der Waals surface area contributed by atoms with E-state index < -0.39 is 0 Å². The summed E-state index contributed by atoms with van der Waals surface area (Å²) >= 11 is 5.26. The number of rotatable bonds is 4. The first-order valence-electron chi connectivity index (χ1n) is 7.77. The summed E-state index contributed by atoms with van der Waals surface area (Å²) in [5, 5.41) is 8.34. The summed E-state index contributed by atoms with van der Waals surface area (Å²) in [5.74, 6) is 0.594. The van der Waals surface area contributed by atoms with E-state index in [-0.39, 0.29) is 0 Å². The summed E-state index contributed by atoms with van der Waals surface area (Å²) in [5.41, 5.74) is 4.26. The van der Waals surface area contributed by atoms with Crippen LogP contribution in [-0.2, 0) is 4.74 Å². The number of morpholine rings is 1. The zero-order valence-corrected chi connectivity index (χ0v) is 13.2.